The lowest BCUT2D eigenvalue weighted by Crippen LogP contribution is -2.51. The van der Waals surface area contributed by atoms with Crippen LogP contribution in [0.15, 0.2) is 11.1 Å². The van der Waals surface area contributed by atoms with Gasteiger partial charge in [0, 0.05) is 0 Å². The quantitative estimate of drug-likeness (QED) is 0.793. The molecular weight excluding hydrogens is 236 g/mol. The van der Waals surface area contributed by atoms with Crippen molar-refractivity contribution < 1.29 is 0 Å². The molecule has 1 saturated carbocycles. The second-order valence-electron chi connectivity index (χ2n) is 4.78. The zero-order chi connectivity index (χ0) is 12.5. The van der Waals surface area contributed by atoms with E-state index in [1.807, 2.05) is 0 Å². The number of hydrogen-bond donors (Lipinski definition) is 2. The van der Waals surface area contributed by atoms with Gasteiger partial charge < -0.3 is 5.73 Å². The molecule has 6 heteroatoms. The van der Waals surface area contributed by atoms with E-state index in [0.717, 1.165) is 31.6 Å². The van der Waals surface area contributed by atoms with Gasteiger partial charge in [0.2, 0.25) is 0 Å². The highest BCUT2D eigenvalue weighted by Crippen LogP contribution is 2.38. The minimum Gasteiger partial charge on any atom is -0.391 e. The topological polar surface area (TPSA) is 76.7 Å². The molecular formula is C11H18N4OS. The van der Waals surface area contributed by atoms with Gasteiger partial charge in [-0.3, -0.25) is 4.57 Å². The van der Waals surface area contributed by atoms with E-state index in [0.29, 0.717) is 4.99 Å². The molecule has 1 aliphatic rings. The summed E-state index contributed by atoms with van der Waals surface area (Å²) in [5, 5.41) is 6.19. The molecule has 1 aromatic rings. The van der Waals surface area contributed by atoms with Crippen molar-refractivity contribution in [1.82, 2.24) is 14.8 Å². The van der Waals surface area contributed by atoms with Gasteiger partial charge in [0.25, 0.3) is 0 Å². The Morgan fingerprint density at radius 2 is 2.35 bits per heavy atom. The molecule has 1 fully saturated rings. The van der Waals surface area contributed by atoms with Gasteiger partial charge in [0.1, 0.15) is 11.9 Å². The first-order chi connectivity index (χ1) is 8.10. The third-order valence-corrected chi connectivity index (χ3v) is 4.36. The highest BCUT2D eigenvalue weighted by Gasteiger charge is 2.40. The summed E-state index contributed by atoms with van der Waals surface area (Å²) in [6, 6.07) is 0. The van der Waals surface area contributed by atoms with Crippen molar-refractivity contribution in [1.29, 1.82) is 0 Å². The van der Waals surface area contributed by atoms with Gasteiger partial charge in [-0.1, -0.05) is 25.6 Å². The van der Waals surface area contributed by atoms with Crippen LogP contribution in [-0.4, -0.2) is 19.8 Å². The molecule has 1 aliphatic carbocycles. The Balaban J connectivity index is 2.33. The van der Waals surface area contributed by atoms with Crippen molar-refractivity contribution in [3.8, 4) is 0 Å². The lowest BCUT2D eigenvalue weighted by Gasteiger charge is -2.39. The van der Waals surface area contributed by atoms with Crippen LogP contribution in [0.2, 0.25) is 0 Å². The Hall–Kier alpha value is -1.17. The van der Waals surface area contributed by atoms with Crippen molar-refractivity contribution in [2.24, 2.45) is 11.7 Å². The molecule has 2 rings (SSSR count). The lowest BCUT2D eigenvalue weighted by atomic mass is 9.75. The van der Waals surface area contributed by atoms with Crippen LogP contribution < -0.4 is 11.4 Å². The molecule has 1 aromatic heterocycles. The zero-order valence-corrected chi connectivity index (χ0v) is 10.8. The average molecular weight is 254 g/mol. The predicted molar refractivity (Wildman–Crippen MR) is 69.9 cm³/mol. The molecule has 0 saturated heterocycles. The molecule has 1 heterocycles. The molecule has 0 radical (unpaired) electrons. The summed E-state index contributed by atoms with van der Waals surface area (Å²) in [4.78, 5) is 12.1. The fourth-order valence-electron chi connectivity index (χ4n) is 2.72. The predicted octanol–water partition coefficient (Wildman–Crippen LogP) is 1.15. The normalized spacial score (nSPS) is 29.1. The van der Waals surface area contributed by atoms with Gasteiger partial charge >= 0.3 is 5.69 Å². The summed E-state index contributed by atoms with van der Waals surface area (Å²) in [7, 11) is 0. The number of thiocarbonyl (C=S) groups is 1. The van der Waals surface area contributed by atoms with Gasteiger partial charge in [-0.15, -0.1) is 0 Å². The van der Waals surface area contributed by atoms with E-state index < -0.39 is 5.54 Å². The van der Waals surface area contributed by atoms with Crippen LogP contribution >= 0.6 is 12.2 Å². The molecule has 0 bridgehead atoms. The second kappa shape index (κ2) is 4.60. The van der Waals surface area contributed by atoms with E-state index in [4.69, 9.17) is 18.0 Å². The Labute approximate surface area is 105 Å². The van der Waals surface area contributed by atoms with Crippen molar-refractivity contribution in [3.05, 3.63) is 16.8 Å². The minimum absolute atomic E-state index is 0.229. The largest absolute Gasteiger partial charge is 0.391 e. The number of nitrogens with two attached hydrogens (primary N) is 1. The first kappa shape index (κ1) is 12.3. The van der Waals surface area contributed by atoms with E-state index in [1.165, 1.54) is 12.7 Å². The summed E-state index contributed by atoms with van der Waals surface area (Å²) in [6.45, 7) is 2.20. The van der Waals surface area contributed by atoms with Crippen molar-refractivity contribution in [2.45, 2.75) is 44.6 Å². The summed E-state index contributed by atoms with van der Waals surface area (Å²) in [6.07, 6.45) is 6.47. The standard InChI is InChI=1S/C11H18N4OS/c1-2-8-3-5-11(6-4-8,9(12)17)15-7-13-14-10(15)16/h7-8H,2-6H2,1H3,(H2,12,17)(H,14,16). The molecule has 3 N–H and O–H groups in total. The number of nitrogens with one attached hydrogen (secondary N) is 1. The third kappa shape index (κ3) is 2.01. The summed E-state index contributed by atoms with van der Waals surface area (Å²) in [5.41, 5.74) is 5.14. The second-order valence-corrected chi connectivity index (χ2v) is 5.22. The van der Waals surface area contributed by atoms with Crippen molar-refractivity contribution in [2.75, 3.05) is 0 Å². The Morgan fingerprint density at radius 1 is 1.71 bits per heavy atom. The summed E-state index contributed by atoms with van der Waals surface area (Å²) < 4.78 is 1.57. The number of H-pyrrole nitrogens is 1. The van der Waals surface area contributed by atoms with Crippen molar-refractivity contribution in [3.63, 3.8) is 0 Å². The van der Waals surface area contributed by atoms with Gasteiger partial charge in [-0.25, -0.2) is 9.89 Å². The van der Waals surface area contributed by atoms with Crippen LogP contribution in [0.5, 0.6) is 0 Å². The zero-order valence-electron chi connectivity index (χ0n) is 9.98. The number of aromatic nitrogens is 3. The van der Waals surface area contributed by atoms with Gasteiger partial charge in [-0.2, -0.15) is 5.10 Å². The van der Waals surface area contributed by atoms with E-state index >= 15 is 0 Å². The Kier molecular flexibility index (Phi) is 3.33. The summed E-state index contributed by atoms with van der Waals surface area (Å²) >= 11 is 5.19. The van der Waals surface area contributed by atoms with Crippen LogP contribution in [0, 0.1) is 5.92 Å². The molecule has 0 aliphatic heterocycles. The van der Waals surface area contributed by atoms with Crippen LogP contribution in [-0.2, 0) is 5.54 Å². The van der Waals surface area contributed by atoms with E-state index in [9.17, 15) is 4.79 Å². The number of hydrogen-bond acceptors (Lipinski definition) is 3. The fourth-order valence-corrected chi connectivity index (χ4v) is 3.02. The van der Waals surface area contributed by atoms with Crippen LogP contribution in [0.3, 0.4) is 0 Å². The van der Waals surface area contributed by atoms with Crippen LogP contribution in [0.25, 0.3) is 0 Å². The average Bonchev–Trinajstić information content (AvgIpc) is 2.76. The highest BCUT2D eigenvalue weighted by atomic mass is 32.1. The molecule has 0 atom stereocenters. The minimum atomic E-state index is -0.509. The smallest absolute Gasteiger partial charge is 0.343 e. The first-order valence-corrected chi connectivity index (χ1v) is 6.43. The molecule has 5 nitrogen and oxygen atoms in total. The fraction of sp³-hybridized carbons (Fsp3) is 0.727. The Morgan fingerprint density at radius 3 is 2.76 bits per heavy atom. The molecule has 17 heavy (non-hydrogen) atoms. The van der Waals surface area contributed by atoms with E-state index in [-0.39, 0.29) is 5.69 Å². The monoisotopic (exact) mass is 254 g/mol. The maximum Gasteiger partial charge on any atom is 0.343 e. The maximum atomic E-state index is 11.7. The van der Waals surface area contributed by atoms with Gasteiger partial charge in [-0.05, 0) is 31.6 Å². The number of aromatic amines is 1. The lowest BCUT2D eigenvalue weighted by molar-refractivity contribution is 0.216. The maximum absolute atomic E-state index is 11.7. The van der Waals surface area contributed by atoms with E-state index in [1.54, 1.807) is 4.57 Å². The highest BCUT2D eigenvalue weighted by molar-refractivity contribution is 7.80. The van der Waals surface area contributed by atoms with Gasteiger partial charge in [0.05, 0.1) is 4.99 Å². The van der Waals surface area contributed by atoms with E-state index in [2.05, 4.69) is 17.1 Å². The molecule has 0 aromatic carbocycles. The molecule has 0 spiro atoms. The molecule has 0 unspecified atom stereocenters. The number of rotatable bonds is 3. The Bertz CT molecular complexity index is 456. The number of nitrogens with zero attached hydrogens (tertiary/aromatic N) is 2. The first-order valence-electron chi connectivity index (χ1n) is 6.02. The third-order valence-electron chi connectivity index (χ3n) is 3.98. The van der Waals surface area contributed by atoms with Crippen LogP contribution in [0.4, 0.5) is 0 Å². The van der Waals surface area contributed by atoms with Crippen LogP contribution in [0.1, 0.15) is 39.0 Å². The van der Waals surface area contributed by atoms with Gasteiger partial charge in [0.15, 0.2) is 0 Å². The SMILES string of the molecule is CCC1CCC(C(N)=S)(n2cn[nH]c2=O)CC1. The molecule has 0 amide bonds. The summed E-state index contributed by atoms with van der Waals surface area (Å²) in [5.74, 6) is 0.722. The molecule has 94 valence electrons. The van der Waals surface area contributed by atoms with Crippen molar-refractivity contribution >= 4 is 17.2 Å².